The standard InChI is InChI=1S/C35H46N4O6S.C21H25N3O4.C14H23NO3S/c1-7-9-10-11-12-19-45-29-15-17-30(18-16-29)46(41,42)38(4)24-28-20-26(14-13-25(28)3)31(23-34(40)44-8-2)27-21-32-35(33(22-27)43-6)39(5)37-36-32;1-5-28-20(26)11-17(14-7-6-13(2)16(8-14)12-25)15-9-18-21(19(10-15)27-4)24(3)23-22-18;1-3-4-5-6-7-12-18-13-8-10-14(11-9-13)19(16,17)15-2/h13-18,20-22,31H,7-12,19,23-24H2,1-6H3;6-10,17,25H,5,11-12H2,1-4H3;8-11,15H,3-7,12H2,1-2H3. The first-order chi connectivity index (χ1) is 44.7. The lowest BCUT2D eigenvalue weighted by atomic mass is 9.86. The van der Waals surface area contributed by atoms with Gasteiger partial charge in [0.05, 0.1) is 69.9 Å². The lowest BCUT2D eigenvalue weighted by molar-refractivity contribution is -0.144. The molecule has 6 aromatic carbocycles. The van der Waals surface area contributed by atoms with E-state index in [0.29, 0.717) is 53.9 Å². The highest BCUT2D eigenvalue weighted by Gasteiger charge is 2.27. The minimum absolute atomic E-state index is 0.0572. The fourth-order valence-corrected chi connectivity index (χ4v) is 12.6. The smallest absolute Gasteiger partial charge is 0.306 e. The number of hydrogen-bond donors (Lipinski definition) is 2. The number of benzene rings is 6. The molecule has 21 nitrogen and oxygen atoms in total. The summed E-state index contributed by atoms with van der Waals surface area (Å²) in [7, 11) is 2.62. The van der Waals surface area contributed by atoms with Crippen molar-refractivity contribution in [1.29, 1.82) is 0 Å². The first-order valence-corrected chi connectivity index (χ1v) is 34.8. The van der Waals surface area contributed by atoms with Gasteiger partial charge in [0.2, 0.25) is 20.0 Å². The zero-order valence-corrected chi connectivity index (χ0v) is 57.7. The van der Waals surface area contributed by atoms with Gasteiger partial charge in [0.25, 0.3) is 0 Å². The Hall–Kier alpha value is -7.96. The second kappa shape index (κ2) is 36.5. The number of ether oxygens (including phenoxy) is 6. The minimum atomic E-state index is -3.78. The van der Waals surface area contributed by atoms with Gasteiger partial charge < -0.3 is 33.5 Å². The van der Waals surface area contributed by atoms with E-state index in [9.17, 15) is 31.5 Å². The van der Waals surface area contributed by atoms with Crippen molar-refractivity contribution < 1.29 is 60.0 Å². The summed E-state index contributed by atoms with van der Waals surface area (Å²) in [5.41, 5.74) is 9.95. The van der Waals surface area contributed by atoms with Crippen LogP contribution in [0.5, 0.6) is 23.0 Å². The molecule has 0 aliphatic carbocycles. The molecule has 0 aliphatic rings. The van der Waals surface area contributed by atoms with E-state index in [1.54, 1.807) is 107 Å². The molecule has 2 atom stereocenters. The molecular weight excluding hydrogens is 1220 g/mol. The highest BCUT2D eigenvalue weighted by molar-refractivity contribution is 7.89. The maximum Gasteiger partial charge on any atom is 0.306 e. The van der Waals surface area contributed by atoms with E-state index >= 15 is 0 Å². The summed E-state index contributed by atoms with van der Waals surface area (Å²) in [6.45, 7) is 13.8. The monoisotopic (exact) mass is 1320 g/mol. The number of hydrogen-bond acceptors (Lipinski definition) is 17. The van der Waals surface area contributed by atoms with Crippen LogP contribution in [-0.2, 0) is 66.4 Å². The van der Waals surface area contributed by atoms with Gasteiger partial charge in [-0.3, -0.25) is 9.59 Å². The van der Waals surface area contributed by atoms with Crippen LogP contribution in [0.2, 0.25) is 0 Å². The zero-order valence-electron chi connectivity index (χ0n) is 56.1. The Balaban J connectivity index is 0.000000247. The summed E-state index contributed by atoms with van der Waals surface area (Å²) in [4.78, 5) is 25.6. The van der Waals surface area contributed by atoms with Gasteiger partial charge in [-0.15, -0.1) is 10.2 Å². The third kappa shape index (κ3) is 20.8. The van der Waals surface area contributed by atoms with Gasteiger partial charge in [0.1, 0.15) is 45.1 Å². The molecule has 0 aliphatic heterocycles. The third-order valence-corrected chi connectivity index (χ3v) is 19.3. The second-order valence-corrected chi connectivity index (χ2v) is 26.6. The molecule has 0 radical (unpaired) electrons. The molecule has 0 bridgehead atoms. The Labute approximate surface area is 549 Å². The van der Waals surface area contributed by atoms with E-state index in [2.05, 4.69) is 39.2 Å². The van der Waals surface area contributed by atoms with Crippen molar-refractivity contribution in [3.63, 3.8) is 0 Å². The van der Waals surface area contributed by atoms with Gasteiger partial charge >= 0.3 is 11.9 Å². The van der Waals surface area contributed by atoms with Gasteiger partial charge in [-0.25, -0.2) is 30.9 Å². The van der Waals surface area contributed by atoms with E-state index in [1.165, 1.54) is 56.3 Å². The van der Waals surface area contributed by atoms with E-state index in [-0.39, 0.29) is 66.2 Å². The van der Waals surface area contributed by atoms with Crippen molar-refractivity contribution in [1.82, 2.24) is 39.0 Å². The van der Waals surface area contributed by atoms with E-state index in [0.717, 1.165) is 74.8 Å². The van der Waals surface area contributed by atoms with Crippen LogP contribution < -0.4 is 23.7 Å². The molecular formula is C70H94N8O13S2. The maximum absolute atomic E-state index is 13.6. The van der Waals surface area contributed by atoms with E-state index in [1.807, 2.05) is 74.5 Å². The molecule has 8 rings (SSSR count). The Morgan fingerprint density at radius 3 is 1.39 bits per heavy atom. The first-order valence-electron chi connectivity index (χ1n) is 31.9. The second-order valence-electron chi connectivity index (χ2n) is 22.7. The van der Waals surface area contributed by atoms with Crippen LogP contribution >= 0.6 is 0 Å². The quantitative estimate of drug-likeness (QED) is 0.0286. The number of nitrogens with zero attached hydrogens (tertiary/aromatic N) is 7. The normalized spacial score (nSPS) is 12.2. The van der Waals surface area contributed by atoms with Crippen molar-refractivity contribution >= 4 is 54.1 Å². The van der Waals surface area contributed by atoms with Crippen LogP contribution in [0, 0.1) is 13.8 Å². The average molecular weight is 1320 g/mol. The van der Waals surface area contributed by atoms with Crippen molar-refractivity contribution in [2.45, 2.75) is 153 Å². The summed E-state index contributed by atoms with van der Waals surface area (Å²) >= 11 is 0. The number of carbonyl (C=O) groups is 2. The van der Waals surface area contributed by atoms with Crippen molar-refractivity contribution in [2.75, 3.05) is 54.7 Å². The Kier molecular flexibility index (Phi) is 29.1. The van der Waals surface area contributed by atoms with E-state index in [4.69, 9.17) is 28.4 Å². The number of unbranched alkanes of at least 4 members (excludes halogenated alkanes) is 8. The molecule has 0 spiro atoms. The molecule has 504 valence electrons. The molecule has 2 unspecified atom stereocenters. The van der Waals surface area contributed by atoms with Crippen LogP contribution in [0.3, 0.4) is 0 Å². The number of aliphatic hydroxyl groups is 1. The number of sulfonamides is 2. The summed E-state index contributed by atoms with van der Waals surface area (Å²) in [5, 5.41) is 26.3. The van der Waals surface area contributed by atoms with Crippen molar-refractivity contribution in [2.24, 2.45) is 14.1 Å². The van der Waals surface area contributed by atoms with Gasteiger partial charge in [-0.05, 0) is 165 Å². The Morgan fingerprint density at radius 2 is 0.978 bits per heavy atom. The first kappa shape index (κ1) is 74.1. The van der Waals surface area contributed by atoms with Crippen LogP contribution in [0.4, 0.5) is 0 Å². The highest BCUT2D eigenvalue weighted by Crippen LogP contribution is 2.38. The molecule has 0 fully saturated rings. The molecule has 2 heterocycles. The highest BCUT2D eigenvalue weighted by atomic mass is 32.2. The topological polar surface area (TPSA) is 255 Å². The molecule has 93 heavy (non-hydrogen) atoms. The summed E-state index contributed by atoms with van der Waals surface area (Å²) < 4.78 is 90.2. The molecule has 2 aromatic heterocycles. The summed E-state index contributed by atoms with van der Waals surface area (Å²) in [6.07, 6.45) is 12.0. The average Bonchev–Trinajstić information content (AvgIpc) is 1.76. The van der Waals surface area contributed by atoms with Gasteiger partial charge in [0.15, 0.2) is 0 Å². The number of aromatic nitrogens is 6. The van der Waals surface area contributed by atoms with Crippen LogP contribution in [0.25, 0.3) is 22.1 Å². The minimum Gasteiger partial charge on any atom is -0.494 e. The number of rotatable bonds is 33. The fraction of sp³-hybridized carbons (Fsp3) is 0.457. The molecule has 0 saturated carbocycles. The molecule has 0 saturated heterocycles. The Bertz CT molecular complexity index is 3910. The molecule has 23 heteroatoms. The lowest BCUT2D eigenvalue weighted by Crippen LogP contribution is -2.27. The Morgan fingerprint density at radius 1 is 0.559 bits per heavy atom. The maximum atomic E-state index is 13.6. The predicted molar refractivity (Wildman–Crippen MR) is 361 cm³/mol. The summed E-state index contributed by atoms with van der Waals surface area (Å²) in [5.74, 6) is 1.34. The molecule has 0 amide bonds. The van der Waals surface area contributed by atoms with Crippen LogP contribution in [0.1, 0.15) is 161 Å². The third-order valence-electron chi connectivity index (χ3n) is 16.1. The van der Waals surface area contributed by atoms with E-state index < -0.39 is 20.0 Å². The zero-order chi connectivity index (χ0) is 67.7. The molecule has 2 N–H and O–H groups in total. The fourth-order valence-electron chi connectivity index (χ4n) is 10.7. The van der Waals surface area contributed by atoms with Gasteiger partial charge in [-0.1, -0.05) is 112 Å². The number of nitrogens with one attached hydrogen (secondary N) is 1. The van der Waals surface area contributed by atoms with Gasteiger partial charge in [-0.2, -0.15) is 4.31 Å². The number of aryl methyl sites for hydroxylation is 4. The number of esters is 2. The largest absolute Gasteiger partial charge is 0.494 e. The number of methoxy groups -OCH3 is 2. The number of carbonyl (C=O) groups excluding carboxylic acids is 2. The lowest BCUT2D eigenvalue weighted by Gasteiger charge is -2.22. The number of aliphatic hydroxyl groups excluding tert-OH is 1. The summed E-state index contributed by atoms with van der Waals surface area (Å²) in [6, 6.07) is 32.5. The predicted octanol–water partition coefficient (Wildman–Crippen LogP) is 12.3. The van der Waals surface area contributed by atoms with Crippen LogP contribution in [0.15, 0.2) is 119 Å². The van der Waals surface area contributed by atoms with Crippen molar-refractivity contribution in [3.8, 4) is 23.0 Å². The van der Waals surface area contributed by atoms with Gasteiger partial charge in [0, 0.05) is 39.5 Å². The van der Waals surface area contributed by atoms with Crippen LogP contribution in [-0.4, -0.2) is 123 Å². The number of fused-ring (bicyclic) bond motifs is 2. The van der Waals surface area contributed by atoms with Crippen molar-refractivity contribution in [3.05, 3.63) is 154 Å². The molecule has 8 aromatic rings. The SMILES string of the molecule is CCCCCCCOc1ccc(S(=O)(=O)N(C)Cc2cc(C(CC(=O)OCC)c3cc(OC)c4c(c3)nnn4C)ccc2C)cc1.CCCCCCCOc1ccc(S(=O)(=O)NC)cc1.CCOC(=O)CC(c1ccc(C)c(CO)c1)c1cc(OC)c2c(c1)nnn2C.